The standard InChI is InChI=1S/C14H12F2N2O4S/c15-10-3-1-9(2-4-10)5-13(14(19)20)18-23(21,22)12-6-11(16)7-17-8-12/h1-4,6-8,13,18H,5H2,(H,19,20). The van der Waals surface area contributed by atoms with E-state index in [1.54, 1.807) is 0 Å². The third-order valence-corrected chi connectivity index (χ3v) is 4.38. The molecule has 0 spiro atoms. The topological polar surface area (TPSA) is 96.4 Å². The number of nitrogens with one attached hydrogen (secondary N) is 1. The Morgan fingerprint density at radius 2 is 1.83 bits per heavy atom. The highest BCUT2D eigenvalue weighted by atomic mass is 32.2. The van der Waals surface area contributed by atoms with E-state index in [1.807, 2.05) is 4.72 Å². The van der Waals surface area contributed by atoms with E-state index < -0.39 is 38.6 Å². The molecule has 1 heterocycles. The van der Waals surface area contributed by atoms with Gasteiger partial charge in [-0.2, -0.15) is 4.72 Å². The highest BCUT2D eigenvalue weighted by Gasteiger charge is 2.26. The summed E-state index contributed by atoms with van der Waals surface area (Å²) in [5.41, 5.74) is 0.430. The zero-order valence-electron chi connectivity index (χ0n) is 11.6. The molecule has 122 valence electrons. The van der Waals surface area contributed by atoms with Gasteiger partial charge in [0.05, 0.1) is 6.20 Å². The number of aromatic nitrogens is 1. The molecule has 0 saturated carbocycles. The van der Waals surface area contributed by atoms with Gasteiger partial charge < -0.3 is 5.11 Å². The van der Waals surface area contributed by atoms with Crippen LogP contribution >= 0.6 is 0 Å². The zero-order chi connectivity index (χ0) is 17.0. The Hall–Kier alpha value is -2.39. The van der Waals surface area contributed by atoms with Crippen molar-refractivity contribution >= 4 is 16.0 Å². The highest BCUT2D eigenvalue weighted by molar-refractivity contribution is 7.89. The summed E-state index contributed by atoms with van der Waals surface area (Å²) in [5, 5.41) is 9.16. The molecule has 2 aromatic rings. The molecule has 1 aromatic carbocycles. The van der Waals surface area contributed by atoms with Gasteiger partial charge in [-0.3, -0.25) is 9.78 Å². The predicted octanol–water partition coefficient (Wildman–Crippen LogP) is 1.33. The molecule has 0 aliphatic carbocycles. The number of aliphatic carboxylic acids is 1. The van der Waals surface area contributed by atoms with Crippen LogP contribution in [0, 0.1) is 11.6 Å². The maximum Gasteiger partial charge on any atom is 0.322 e. The Morgan fingerprint density at radius 1 is 1.17 bits per heavy atom. The van der Waals surface area contributed by atoms with Gasteiger partial charge in [0.15, 0.2) is 0 Å². The molecule has 0 amide bonds. The first-order chi connectivity index (χ1) is 10.8. The van der Waals surface area contributed by atoms with Gasteiger partial charge in [0, 0.05) is 6.20 Å². The lowest BCUT2D eigenvalue weighted by molar-refractivity contribution is -0.138. The smallest absolute Gasteiger partial charge is 0.322 e. The molecule has 23 heavy (non-hydrogen) atoms. The van der Waals surface area contributed by atoms with E-state index in [-0.39, 0.29) is 6.42 Å². The Balaban J connectivity index is 2.22. The number of carboxylic acids is 1. The molecule has 1 unspecified atom stereocenters. The summed E-state index contributed by atoms with van der Waals surface area (Å²) in [5.74, 6) is -2.77. The van der Waals surface area contributed by atoms with Crippen molar-refractivity contribution < 1.29 is 27.1 Å². The van der Waals surface area contributed by atoms with Crippen LogP contribution in [0.25, 0.3) is 0 Å². The van der Waals surface area contributed by atoms with Crippen molar-refractivity contribution in [2.45, 2.75) is 17.4 Å². The summed E-state index contributed by atoms with van der Waals surface area (Å²) in [6.45, 7) is 0. The first kappa shape index (κ1) is 17.0. The number of halogens is 2. The summed E-state index contributed by atoms with van der Waals surface area (Å²) in [7, 11) is -4.26. The molecule has 0 fully saturated rings. The van der Waals surface area contributed by atoms with Crippen LogP contribution in [-0.4, -0.2) is 30.5 Å². The first-order valence-corrected chi connectivity index (χ1v) is 7.86. The van der Waals surface area contributed by atoms with Crippen LogP contribution in [0.4, 0.5) is 8.78 Å². The largest absolute Gasteiger partial charge is 0.480 e. The number of hydrogen-bond acceptors (Lipinski definition) is 4. The van der Waals surface area contributed by atoms with Gasteiger partial charge in [0.2, 0.25) is 10.0 Å². The lowest BCUT2D eigenvalue weighted by atomic mass is 10.1. The molecule has 1 aromatic heterocycles. The first-order valence-electron chi connectivity index (χ1n) is 6.38. The summed E-state index contributed by atoms with van der Waals surface area (Å²) in [4.78, 5) is 14.2. The molecule has 0 aliphatic rings. The van der Waals surface area contributed by atoms with Crippen LogP contribution in [0.3, 0.4) is 0 Å². The minimum absolute atomic E-state index is 0.197. The minimum Gasteiger partial charge on any atom is -0.480 e. The predicted molar refractivity (Wildman–Crippen MR) is 76.0 cm³/mol. The molecule has 2 rings (SSSR count). The monoisotopic (exact) mass is 342 g/mol. The fourth-order valence-electron chi connectivity index (χ4n) is 1.83. The van der Waals surface area contributed by atoms with E-state index in [2.05, 4.69) is 4.98 Å². The SMILES string of the molecule is O=C(O)C(Cc1ccc(F)cc1)NS(=O)(=O)c1cncc(F)c1. The lowest BCUT2D eigenvalue weighted by Gasteiger charge is -2.15. The molecule has 2 N–H and O–H groups in total. The minimum atomic E-state index is -4.26. The van der Waals surface area contributed by atoms with Crippen LogP contribution in [-0.2, 0) is 21.2 Å². The van der Waals surface area contributed by atoms with Crippen LogP contribution in [0.2, 0.25) is 0 Å². The number of pyridine rings is 1. The van der Waals surface area contributed by atoms with Crippen LogP contribution < -0.4 is 4.72 Å². The molecule has 0 bridgehead atoms. The lowest BCUT2D eigenvalue weighted by Crippen LogP contribution is -2.42. The second-order valence-electron chi connectivity index (χ2n) is 4.68. The van der Waals surface area contributed by atoms with Gasteiger partial charge in [-0.05, 0) is 30.2 Å². The number of sulfonamides is 1. The Bertz CT molecular complexity index is 810. The van der Waals surface area contributed by atoms with Crippen molar-refractivity contribution in [3.63, 3.8) is 0 Å². The van der Waals surface area contributed by atoms with E-state index in [9.17, 15) is 22.0 Å². The maximum absolute atomic E-state index is 13.1. The molecule has 0 radical (unpaired) electrons. The average molecular weight is 342 g/mol. The average Bonchev–Trinajstić information content (AvgIpc) is 2.48. The van der Waals surface area contributed by atoms with E-state index >= 15 is 0 Å². The number of carboxylic acid groups (broad SMARTS) is 1. The van der Waals surface area contributed by atoms with Gasteiger partial charge in [0.25, 0.3) is 0 Å². The van der Waals surface area contributed by atoms with Crippen molar-refractivity contribution in [1.82, 2.24) is 9.71 Å². The molecular formula is C14H12F2N2O4S. The molecular weight excluding hydrogens is 330 g/mol. The molecule has 6 nitrogen and oxygen atoms in total. The van der Waals surface area contributed by atoms with E-state index in [0.717, 1.165) is 30.6 Å². The van der Waals surface area contributed by atoms with Crippen LogP contribution in [0.1, 0.15) is 5.56 Å². The fourth-order valence-corrected chi connectivity index (χ4v) is 2.99. The number of rotatable bonds is 6. The Kier molecular flexibility index (Phi) is 5.02. The van der Waals surface area contributed by atoms with Crippen LogP contribution in [0.5, 0.6) is 0 Å². The summed E-state index contributed by atoms with van der Waals surface area (Å²) in [6, 6.07) is 4.21. The molecule has 0 saturated heterocycles. The third-order valence-electron chi connectivity index (χ3n) is 2.94. The van der Waals surface area contributed by atoms with Gasteiger partial charge in [-0.25, -0.2) is 17.2 Å². The molecule has 1 atom stereocenters. The third kappa shape index (κ3) is 4.54. The summed E-state index contributed by atoms with van der Waals surface area (Å²) >= 11 is 0. The number of hydrogen-bond donors (Lipinski definition) is 2. The van der Waals surface area contributed by atoms with Gasteiger partial charge in [0.1, 0.15) is 22.6 Å². The quantitative estimate of drug-likeness (QED) is 0.826. The van der Waals surface area contributed by atoms with E-state index in [4.69, 9.17) is 5.11 Å². The van der Waals surface area contributed by atoms with Gasteiger partial charge >= 0.3 is 5.97 Å². The second kappa shape index (κ2) is 6.80. The summed E-state index contributed by atoms with van der Waals surface area (Å²) in [6.07, 6.45) is 1.53. The van der Waals surface area contributed by atoms with E-state index in [1.165, 1.54) is 12.1 Å². The Morgan fingerprint density at radius 3 is 2.39 bits per heavy atom. The van der Waals surface area contributed by atoms with Gasteiger partial charge in [-0.15, -0.1) is 0 Å². The number of benzene rings is 1. The van der Waals surface area contributed by atoms with Crippen molar-refractivity contribution in [2.75, 3.05) is 0 Å². The van der Waals surface area contributed by atoms with E-state index in [0.29, 0.717) is 5.56 Å². The van der Waals surface area contributed by atoms with Crippen LogP contribution in [0.15, 0.2) is 47.6 Å². The van der Waals surface area contributed by atoms with Crippen molar-refractivity contribution in [1.29, 1.82) is 0 Å². The molecule has 9 heteroatoms. The number of nitrogens with zero attached hydrogens (tertiary/aromatic N) is 1. The Labute approximate surface area is 130 Å². The van der Waals surface area contributed by atoms with Crippen molar-refractivity contribution in [2.24, 2.45) is 0 Å². The highest BCUT2D eigenvalue weighted by Crippen LogP contribution is 2.12. The van der Waals surface area contributed by atoms with Crippen molar-refractivity contribution in [3.05, 3.63) is 59.9 Å². The van der Waals surface area contributed by atoms with Gasteiger partial charge in [-0.1, -0.05) is 12.1 Å². The second-order valence-corrected chi connectivity index (χ2v) is 6.40. The fraction of sp³-hybridized carbons (Fsp3) is 0.143. The maximum atomic E-state index is 13.1. The zero-order valence-corrected chi connectivity index (χ0v) is 12.4. The normalized spacial score (nSPS) is 12.8. The van der Waals surface area contributed by atoms with Crippen molar-refractivity contribution in [3.8, 4) is 0 Å². The number of carbonyl (C=O) groups is 1. The summed E-state index contributed by atoms with van der Waals surface area (Å²) < 4.78 is 52.1. The molecule has 0 aliphatic heterocycles.